The van der Waals surface area contributed by atoms with Crippen LogP contribution in [-0.2, 0) is 4.79 Å². The van der Waals surface area contributed by atoms with Crippen LogP contribution in [0.1, 0.15) is 0 Å². The summed E-state index contributed by atoms with van der Waals surface area (Å²) in [5.74, 6) is 0.0872. The Morgan fingerprint density at radius 1 is 1.19 bits per heavy atom. The van der Waals surface area contributed by atoms with Crippen LogP contribution in [0.2, 0.25) is 0 Å². The van der Waals surface area contributed by atoms with Gasteiger partial charge in [-0.3, -0.25) is 14.2 Å². The van der Waals surface area contributed by atoms with E-state index < -0.39 is 0 Å². The van der Waals surface area contributed by atoms with Gasteiger partial charge >= 0.3 is 0 Å². The zero-order valence-corrected chi connectivity index (χ0v) is 16.8. The number of hydrogen-bond acceptors (Lipinski definition) is 6. The molecule has 0 saturated carbocycles. The van der Waals surface area contributed by atoms with Gasteiger partial charge in [0.25, 0.3) is 5.56 Å². The number of benzene rings is 1. The van der Waals surface area contributed by atoms with Crippen LogP contribution in [0.15, 0.2) is 63.2 Å². The normalized spacial score (nSPS) is 11.0. The highest BCUT2D eigenvalue weighted by Crippen LogP contribution is 2.35. The van der Waals surface area contributed by atoms with Crippen LogP contribution in [0.4, 0.5) is 0 Å². The molecule has 4 aromatic rings. The fourth-order valence-corrected chi connectivity index (χ4v) is 5.38. The summed E-state index contributed by atoms with van der Waals surface area (Å²) in [6.07, 6.45) is 0. The number of nitrogens with one attached hydrogen (secondary N) is 1. The molecule has 136 valence electrons. The number of carbonyl (C=O) groups excluding carboxylic acids is 1. The molecule has 27 heavy (non-hydrogen) atoms. The molecular weight excluding hydrogens is 398 g/mol. The molecule has 0 aliphatic rings. The highest BCUT2D eigenvalue weighted by atomic mass is 32.2. The summed E-state index contributed by atoms with van der Waals surface area (Å²) in [5.41, 5.74) is 1.53. The van der Waals surface area contributed by atoms with Crippen LogP contribution >= 0.6 is 34.4 Å². The summed E-state index contributed by atoms with van der Waals surface area (Å²) >= 11 is 4.31. The average Bonchev–Trinajstić information content (AvgIpc) is 3.36. The predicted octanol–water partition coefficient (Wildman–Crippen LogP) is 4.01. The Kier molecular flexibility index (Phi) is 5.11. The number of rotatable bonds is 5. The van der Waals surface area contributed by atoms with Gasteiger partial charge in [0.2, 0.25) is 5.91 Å². The number of fused-ring (bicyclic) bond motifs is 1. The second-order valence-electron chi connectivity index (χ2n) is 5.64. The number of amides is 1. The van der Waals surface area contributed by atoms with Crippen LogP contribution < -0.4 is 10.9 Å². The predicted molar refractivity (Wildman–Crippen MR) is 113 cm³/mol. The van der Waals surface area contributed by atoms with E-state index in [0.717, 1.165) is 16.1 Å². The first-order valence-corrected chi connectivity index (χ1v) is 10.9. The lowest BCUT2D eigenvalue weighted by Gasteiger charge is -2.12. The van der Waals surface area contributed by atoms with Gasteiger partial charge in [-0.2, -0.15) is 0 Å². The van der Waals surface area contributed by atoms with Crippen molar-refractivity contribution in [3.63, 3.8) is 0 Å². The minimum absolute atomic E-state index is 0.112. The monoisotopic (exact) mass is 413 g/mol. The first-order valence-electron chi connectivity index (χ1n) is 8.16. The SMILES string of the molecule is CNC(=O)CSc1nc2scc(-c3cccs3)c2c(=O)n1-c1ccccc1. The Morgan fingerprint density at radius 2 is 2.00 bits per heavy atom. The van der Waals surface area contributed by atoms with Crippen LogP contribution in [-0.4, -0.2) is 28.3 Å². The van der Waals surface area contributed by atoms with Gasteiger partial charge in [0, 0.05) is 22.9 Å². The Hall–Kier alpha value is -2.42. The van der Waals surface area contributed by atoms with E-state index in [9.17, 15) is 9.59 Å². The van der Waals surface area contributed by atoms with E-state index in [0.29, 0.717) is 15.4 Å². The molecule has 8 heteroatoms. The van der Waals surface area contributed by atoms with Crippen molar-refractivity contribution in [1.29, 1.82) is 0 Å². The first kappa shape index (κ1) is 18.0. The van der Waals surface area contributed by atoms with Gasteiger partial charge in [0.1, 0.15) is 4.83 Å². The molecule has 0 radical (unpaired) electrons. The maximum atomic E-state index is 13.5. The summed E-state index contributed by atoms with van der Waals surface area (Å²) in [6.45, 7) is 0. The molecule has 0 unspecified atom stereocenters. The van der Waals surface area contributed by atoms with Crippen molar-refractivity contribution in [1.82, 2.24) is 14.9 Å². The number of para-hydroxylation sites is 1. The summed E-state index contributed by atoms with van der Waals surface area (Å²) in [4.78, 5) is 31.6. The van der Waals surface area contributed by atoms with Gasteiger partial charge in [-0.15, -0.1) is 22.7 Å². The van der Waals surface area contributed by atoms with Gasteiger partial charge in [0.15, 0.2) is 5.16 Å². The van der Waals surface area contributed by atoms with Crippen molar-refractivity contribution in [3.8, 4) is 16.1 Å². The Labute approximate surface area is 167 Å². The lowest BCUT2D eigenvalue weighted by atomic mass is 10.2. The molecule has 1 aromatic carbocycles. The Morgan fingerprint density at radius 3 is 2.70 bits per heavy atom. The van der Waals surface area contributed by atoms with Gasteiger partial charge in [0.05, 0.1) is 16.8 Å². The highest BCUT2D eigenvalue weighted by Gasteiger charge is 2.19. The Bertz CT molecular complexity index is 1150. The minimum Gasteiger partial charge on any atom is -0.358 e. The topological polar surface area (TPSA) is 64.0 Å². The second-order valence-corrected chi connectivity index (χ2v) is 8.39. The Balaban J connectivity index is 1.94. The summed E-state index contributed by atoms with van der Waals surface area (Å²) in [5, 5.41) is 7.71. The average molecular weight is 414 g/mol. The zero-order valence-electron chi connectivity index (χ0n) is 14.3. The van der Waals surface area contributed by atoms with E-state index in [1.165, 1.54) is 23.1 Å². The van der Waals surface area contributed by atoms with Crippen molar-refractivity contribution in [2.24, 2.45) is 0 Å². The van der Waals surface area contributed by atoms with Gasteiger partial charge in [-0.05, 0) is 23.6 Å². The van der Waals surface area contributed by atoms with Gasteiger partial charge in [-0.25, -0.2) is 4.98 Å². The molecule has 0 aliphatic heterocycles. The fraction of sp³-hybridized carbons (Fsp3) is 0.105. The standard InChI is InChI=1S/C19H15N3O2S3/c1-20-15(23)11-27-19-21-17-16(13(10-26-17)14-8-5-9-25-14)18(24)22(19)12-6-3-2-4-7-12/h2-10H,11H2,1H3,(H,20,23). The van der Waals surface area contributed by atoms with Gasteiger partial charge in [-0.1, -0.05) is 36.0 Å². The number of thiophene rings is 2. The smallest absolute Gasteiger partial charge is 0.268 e. The highest BCUT2D eigenvalue weighted by molar-refractivity contribution is 7.99. The zero-order chi connectivity index (χ0) is 18.8. The lowest BCUT2D eigenvalue weighted by Crippen LogP contribution is -2.24. The summed E-state index contributed by atoms with van der Waals surface area (Å²) in [6, 6.07) is 13.4. The maximum Gasteiger partial charge on any atom is 0.268 e. The minimum atomic E-state index is -0.116. The van der Waals surface area contributed by atoms with Crippen molar-refractivity contribution in [2.75, 3.05) is 12.8 Å². The molecule has 1 N–H and O–H groups in total. The third-order valence-electron chi connectivity index (χ3n) is 3.99. The fourth-order valence-electron chi connectivity index (χ4n) is 2.69. The molecular formula is C19H15N3O2S3. The molecule has 4 rings (SSSR count). The third-order valence-corrected chi connectivity index (χ3v) is 6.70. The molecule has 5 nitrogen and oxygen atoms in total. The van der Waals surface area contributed by atoms with Crippen molar-refractivity contribution < 1.29 is 4.79 Å². The molecule has 0 atom stereocenters. The van der Waals surface area contributed by atoms with Crippen molar-refractivity contribution >= 4 is 50.6 Å². The quantitative estimate of drug-likeness (QED) is 0.397. The van der Waals surface area contributed by atoms with Crippen LogP contribution in [0.3, 0.4) is 0 Å². The van der Waals surface area contributed by atoms with E-state index in [4.69, 9.17) is 4.98 Å². The molecule has 0 bridgehead atoms. The molecule has 0 aliphatic carbocycles. The van der Waals surface area contributed by atoms with Crippen molar-refractivity contribution in [2.45, 2.75) is 5.16 Å². The number of aromatic nitrogens is 2. The molecule has 0 spiro atoms. The molecule has 3 heterocycles. The van der Waals surface area contributed by atoms with E-state index in [2.05, 4.69) is 5.32 Å². The first-order chi connectivity index (χ1) is 13.2. The molecule has 0 fully saturated rings. The molecule has 0 saturated heterocycles. The number of nitrogens with zero attached hydrogens (tertiary/aromatic N) is 2. The van der Waals surface area contributed by atoms with Gasteiger partial charge < -0.3 is 5.32 Å². The molecule has 3 aromatic heterocycles. The number of thioether (sulfide) groups is 1. The molecule has 1 amide bonds. The van der Waals surface area contributed by atoms with E-state index in [1.807, 2.05) is 53.2 Å². The number of carbonyl (C=O) groups is 1. The maximum absolute atomic E-state index is 13.5. The largest absolute Gasteiger partial charge is 0.358 e. The van der Waals surface area contributed by atoms with Crippen LogP contribution in [0, 0.1) is 0 Å². The summed E-state index contributed by atoms with van der Waals surface area (Å²) < 4.78 is 1.60. The van der Waals surface area contributed by atoms with Crippen LogP contribution in [0.25, 0.3) is 26.3 Å². The van der Waals surface area contributed by atoms with E-state index >= 15 is 0 Å². The third kappa shape index (κ3) is 3.43. The van der Waals surface area contributed by atoms with Crippen LogP contribution in [0.5, 0.6) is 0 Å². The van der Waals surface area contributed by atoms with Crippen molar-refractivity contribution in [3.05, 3.63) is 63.6 Å². The summed E-state index contributed by atoms with van der Waals surface area (Å²) in [7, 11) is 1.59. The van der Waals surface area contributed by atoms with E-state index in [-0.39, 0.29) is 17.2 Å². The number of hydrogen-bond donors (Lipinski definition) is 1. The second kappa shape index (κ2) is 7.67. The van der Waals surface area contributed by atoms with E-state index in [1.54, 1.807) is 23.0 Å². The lowest BCUT2D eigenvalue weighted by molar-refractivity contribution is -0.118.